The second kappa shape index (κ2) is 7.08. The molecule has 21 heavy (non-hydrogen) atoms. The highest BCUT2D eigenvalue weighted by atomic mass is 16.6. The molecular formula is C15H22N2O4. The van der Waals surface area contributed by atoms with Gasteiger partial charge < -0.3 is 20.5 Å². The number of carbonyl (C=O) groups excluding carboxylic acids is 2. The molecule has 0 spiro atoms. The number of aliphatic hydroxyl groups is 1. The molecule has 0 aromatic heterocycles. The van der Waals surface area contributed by atoms with Crippen LogP contribution in [0.25, 0.3) is 0 Å². The Kier molecular flexibility index (Phi) is 5.72. The Morgan fingerprint density at radius 3 is 2.29 bits per heavy atom. The van der Waals surface area contributed by atoms with Gasteiger partial charge in [0.25, 0.3) is 0 Å². The molecule has 2 amide bonds. The molecule has 1 aromatic carbocycles. The van der Waals surface area contributed by atoms with Crippen LogP contribution in [0.15, 0.2) is 24.3 Å². The fourth-order valence-electron chi connectivity index (χ4n) is 1.49. The van der Waals surface area contributed by atoms with Gasteiger partial charge in [0.15, 0.2) is 0 Å². The molecule has 0 unspecified atom stereocenters. The van der Waals surface area contributed by atoms with E-state index in [-0.39, 0.29) is 12.5 Å². The van der Waals surface area contributed by atoms with E-state index in [1.165, 1.54) is 0 Å². The Morgan fingerprint density at radius 1 is 1.24 bits per heavy atom. The maximum atomic E-state index is 11.9. The molecule has 0 aliphatic rings. The van der Waals surface area contributed by atoms with Gasteiger partial charge in [-0.1, -0.05) is 12.1 Å². The Bertz CT molecular complexity index is 491. The minimum Gasteiger partial charge on any atom is -0.444 e. The van der Waals surface area contributed by atoms with Crippen LogP contribution < -0.4 is 10.6 Å². The summed E-state index contributed by atoms with van der Waals surface area (Å²) in [6, 6.07) is 6.06. The molecule has 0 aliphatic heterocycles. The smallest absolute Gasteiger partial charge is 0.408 e. The SMILES string of the molecule is C[C@@H](NC(=O)OC(C)(C)C)C(=O)Nc1ccc(CO)cc1. The van der Waals surface area contributed by atoms with Gasteiger partial charge in [-0.15, -0.1) is 0 Å². The van der Waals surface area contributed by atoms with Gasteiger partial charge in [-0.25, -0.2) is 4.79 Å². The second-order valence-corrected chi connectivity index (χ2v) is 5.71. The molecule has 0 saturated heterocycles. The van der Waals surface area contributed by atoms with E-state index >= 15 is 0 Å². The molecule has 0 heterocycles. The number of alkyl carbamates (subject to hydrolysis) is 1. The minimum absolute atomic E-state index is 0.0508. The summed E-state index contributed by atoms with van der Waals surface area (Å²) in [4.78, 5) is 23.5. The molecule has 3 N–H and O–H groups in total. The predicted molar refractivity (Wildman–Crippen MR) is 79.8 cm³/mol. The molecule has 6 nitrogen and oxygen atoms in total. The van der Waals surface area contributed by atoms with Gasteiger partial charge in [0.2, 0.25) is 5.91 Å². The van der Waals surface area contributed by atoms with Gasteiger partial charge in [0.05, 0.1) is 6.61 Å². The Labute approximate surface area is 124 Å². The quantitative estimate of drug-likeness (QED) is 0.793. The lowest BCUT2D eigenvalue weighted by molar-refractivity contribution is -0.117. The molecular weight excluding hydrogens is 272 g/mol. The lowest BCUT2D eigenvalue weighted by atomic mass is 10.2. The van der Waals surface area contributed by atoms with Crippen LogP contribution in [-0.2, 0) is 16.1 Å². The number of amides is 2. The molecule has 116 valence electrons. The van der Waals surface area contributed by atoms with E-state index in [0.717, 1.165) is 5.56 Å². The summed E-state index contributed by atoms with van der Waals surface area (Å²) >= 11 is 0. The molecule has 0 bridgehead atoms. The van der Waals surface area contributed by atoms with Gasteiger partial charge >= 0.3 is 6.09 Å². The highest BCUT2D eigenvalue weighted by Gasteiger charge is 2.20. The van der Waals surface area contributed by atoms with Crippen molar-refractivity contribution in [2.75, 3.05) is 5.32 Å². The standard InChI is InChI=1S/C15H22N2O4/c1-10(16-14(20)21-15(2,3)4)13(19)17-12-7-5-11(9-18)6-8-12/h5-8,10,18H,9H2,1-4H3,(H,16,20)(H,17,19)/t10-/m1/s1. The van der Waals surface area contributed by atoms with Crippen molar-refractivity contribution in [3.05, 3.63) is 29.8 Å². The fourth-order valence-corrected chi connectivity index (χ4v) is 1.49. The summed E-state index contributed by atoms with van der Waals surface area (Å²) in [5, 5.41) is 14.1. The maximum absolute atomic E-state index is 11.9. The Hall–Kier alpha value is -2.08. The summed E-state index contributed by atoms with van der Waals surface area (Å²) in [5.74, 6) is -0.349. The number of ether oxygens (including phenoxy) is 1. The van der Waals surface area contributed by atoms with Crippen LogP contribution in [-0.4, -0.2) is 28.7 Å². The number of nitrogens with one attached hydrogen (secondary N) is 2. The summed E-state index contributed by atoms with van der Waals surface area (Å²) in [6.45, 7) is 6.77. The van der Waals surface area contributed by atoms with E-state index in [4.69, 9.17) is 9.84 Å². The third-order valence-electron chi connectivity index (χ3n) is 2.53. The van der Waals surface area contributed by atoms with Gasteiger partial charge in [-0.3, -0.25) is 4.79 Å². The van der Waals surface area contributed by atoms with Crippen LogP contribution in [0.4, 0.5) is 10.5 Å². The van der Waals surface area contributed by atoms with Crippen molar-refractivity contribution in [2.45, 2.75) is 45.9 Å². The topological polar surface area (TPSA) is 87.7 Å². The molecule has 1 aromatic rings. The van der Waals surface area contributed by atoms with Gasteiger partial charge in [-0.2, -0.15) is 0 Å². The molecule has 0 aliphatic carbocycles. The maximum Gasteiger partial charge on any atom is 0.408 e. The molecule has 6 heteroatoms. The van der Waals surface area contributed by atoms with Crippen molar-refractivity contribution >= 4 is 17.7 Å². The molecule has 1 rings (SSSR count). The first-order chi connectivity index (χ1) is 9.71. The van der Waals surface area contributed by atoms with Crippen LogP contribution in [0.3, 0.4) is 0 Å². The molecule has 1 atom stereocenters. The average Bonchev–Trinajstić information content (AvgIpc) is 2.37. The summed E-state index contributed by atoms with van der Waals surface area (Å²) < 4.78 is 5.08. The highest BCUT2D eigenvalue weighted by molar-refractivity contribution is 5.96. The zero-order valence-corrected chi connectivity index (χ0v) is 12.8. The van der Waals surface area contributed by atoms with Crippen molar-refractivity contribution in [1.29, 1.82) is 0 Å². The zero-order valence-electron chi connectivity index (χ0n) is 12.8. The third kappa shape index (κ3) is 6.27. The largest absolute Gasteiger partial charge is 0.444 e. The lowest BCUT2D eigenvalue weighted by Gasteiger charge is -2.21. The Morgan fingerprint density at radius 2 is 1.81 bits per heavy atom. The number of hydrogen-bond acceptors (Lipinski definition) is 4. The first kappa shape index (κ1) is 17.0. The van der Waals surface area contributed by atoms with E-state index in [0.29, 0.717) is 5.69 Å². The first-order valence-corrected chi connectivity index (χ1v) is 6.71. The van der Waals surface area contributed by atoms with Crippen molar-refractivity contribution < 1.29 is 19.4 Å². The zero-order chi connectivity index (χ0) is 16.0. The minimum atomic E-state index is -0.725. The molecule has 0 fully saturated rings. The van der Waals surface area contributed by atoms with E-state index < -0.39 is 17.7 Å². The predicted octanol–water partition coefficient (Wildman–Crippen LogP) is 2.03. The third-order valence-corrected chi connectivity index (χ3v) is 2.53. The van der Waals surface area contributed by atoms with Crippen LogP contribution in [0.1, 0.15) is 33.3 Å². The van der Waals surface area contributed by atoms with Crippen LogP contribution in [0.2, 0.25) is 0 Å². The number of benzene rings is 1. The van der Waals surface area contributed by atoms with Gasteiger partial charge in [0.1, 0.15) is 11.6 Å². The molecule has 0 radical (unpaired) electrons. The van der Waals surface area contributed by atoms with Crippen LogP contribution >= 0.6 is 0 Å². The van der Waals surface area contributed by atoms with Crippen molar-refractivity contribution in [2.24, 2.45) is 0 Å². The summed E-state index contributed by atoms with van der Waals surface area (Å²) in [6.07, 6.45) is -0.638. The first-order valence-electron chi connectivity index (χ1n) is 6.71. The molecule has 0 saturated carbocycles. The van der Waals surface area contributed by atoms with Gasteiger partial charge in [0, 0.05) is 5.69 Å². The number of rotatable bonds is 4. The summed E-state index contributed by atoms with van der Waals surface area (Å²) in [5.41, 5.74) is 0.739. The number of anilines is 1. The normalized spacial score (nSPS) is 12.4. The van der Waals surface area contributed by atoms with E-state index in [2.05, 4.69) is 10.6 Å². The van der Waals surface area contributed by atoms with Crippen LogP contribution in [0.5, 0.6) is 0 Å². The monoisotopic (exact) mass is 294 g/mol. The van der Waals surface area contributed by atoms with Crippen molar-refractivity contribution in [3.63, 3.8) is 0 Å². The number of carbonyl (C=O) groups is 2. The lowest BCUT2D eigenvalue weighted by Crippen LogP contribution is -2.43. The fraction of sp³-hybridized carbons (Fsp3) is 0.467. The van der Waals surface area contributed by atoms with E-state index in [9.17, 15) is 9.59 Å². The van der Waals surface area contributed by atoms with Crippen LogP contribution in [0, 0.1) is 0 Å². The van der Waals surface area contributed by atoms with Crippen molar-refractivity contribution in [3.8, 4) is 0 Å². The second-order valence-electron chi connectivity index (χ2n) is 5.71. The average molecular weight is 294 g/mol. The van der Waals surface area contributed by atoms with E-state index in [1.807, 2.05) is 0 Å². The van der Waals surface area contributed by atoms with Crippen molar-refractivity contribution in [1.82, 2.24) is 5.32 Å². The van der Waals surface area contributed by atoms with Gasteiger partial charge in [-0.05, 0) is 45.4 Å². The highest BCUT2D eigenvalue weighted by Crippen LogP contribution is 2.10. The van der Waals surface area contributed by atoms with E-state index in [1.54, 1.807) is 52.0 Å². The number of aliphatic hydroxyl groups excluding tert-OH is 1. The summed E-state index contributed by atoms with van der Waals surface area (Å²) in [7, 11) is 0. The Balaban J connectivity index is 2.52. The number of hydrogen-bond donors (Lipinski definition) is 3.